The predicted molar refractivity (Wildman–Crippen MR) is 102 cm³/mol. The second kappa shape index (κ2) is 5.89. The molecule has 1 aromatic heterocycles. The summed E-state index contributed by atoms with van der Waals surface area (Å²) in [7, 11) is 0. The number of fused-ring (bicyclic) bond motifs is 5. The smallest absolute Gasteiger partial charge is 0.135 e. The van der Waals surface area contributed by atoms with Crippen LogP contribution in [0.5, 0.6) is 0 Å². The molecule has 5 rings (SSSR count). The Morgan fingerprint density at radius 3 is 2.45 bits per heavy atom. The first-order valence-electron chi connectivity index (χ1n) is 10.2. The van der Waals surface area contributed by atoms with Gasteiger partial charge in [-0.2, -0.15) is 10.2 Å². The highest BCUT2D eigenvalue weighted by Crippen LogP contribution is 2.75. The Morgan fingerprint density at radius 2 is 1.83 bits per heavy atom. The molecule has 1 aromatic carbocycles. The Bertz CT molecular complexity index is 1000. The van der Waals surface area contributed by atoms with Crippen molar-refractivity contribution in [1.29, 1.82) is 0 Å². The maximum absolute atomic E-state index is 14.3. The lowest BCUT2D eigenvalue weighted by molar-refractivity contribution is -0.123. The lowest BCUT2D eigenvalue weighted by atomic mass is 9.53. The minimum Gasteiger partial charge on any atom is -0.303 e. The fourth-order valence-corrected chi connectivity index (χ4v) is 6.91. The van der Waals surface area contributed by atoms with Crippen molar-refractivity contribution in [2.45, 2.75) is 63.5 Å². The minimum absolute atomic E-state index is 0.0945. The summed E-state index contributed by atoms with van der Waals surface area (Å²) in [5.74, 6) is -1.27. The van der Waals surface area contributed by atoms with Crippen molar-refractivity contribution in [2.75, 3.05) is 0 Å². The van der Waals surface area contributed by atoms with Gasteiger partial charge in [-0.05, 0) is 67.2 Å². The molecule has 2 fully saturated rings. The molecule has 4 atom stereocenters. The Hall–Kier alpha value is -2.24. The van der Waals surface area contributed by atoms with E-state index in [2.05, 4.69) is 24.0 Å². The zero-order valence-corrected chi connectivity index (χ0v) is 16.5. The Balaban J connectivity index is 1.72. The molecular weight excluding hydrogens is 377 g/mol. The molecule has 2 bridgehead atoms. The molecule has 152 valence electrons. The van der Waals surface area contributed by atoms with Gasteiger partial charge in [-0.1, -0.05) is 19.9 Å². The number of benzene rings is 1. The number of aldehydes is 1. The van der Waals surface area contributed by atoms with E-state index >= 15 is 0 Å². The van der Waals surface area contributed by atoms with Crippen molar-refractivity contribution in [3.8, 4) is 11.3 Å². The van der Waals surface area contributed by atoms with Crippen LogP contribution < -0.4 is 0 Å². The molecule has 1 unspecified atom stereocenters. The topological polar surface area (TPSA) is 42.9 Å². The van der Waals surface area contributed by atoms with Gasteiger partial charge in [-0.3, -0.25) is 0 Å². The van der Waals surface area contributed by atoms with E-state index in [1.54, 1.807) is 6.07 Å². The molecule has 0 radical (unpaired) electrons. The van der Waals surface area contributed by atoms with Gasteiger partial charge in [-0.15, -0.1) is 0 Å². The number of hydrogen-bond donors (Lipinski definition) is 0. The summed E-state index contributed by atoms with van der Waals surface area (Å²) in [6.07, 6.45) is 2.65. The van der Waals surface area contributed by atoms with Crippen molar-refractivity contribution in [3.63, 3.8) is 0 Å². The van der Waals surface area contributed by atoms with Gasteiger partial charge in [0, 0.05) is 10.8 Å². The van der Waals surface area contributed by atoms with E-state index in [1.807, 2.05) is 0 Å². The van der Waals surface area contributed by atoms with E-state index in [-0.39, 0.29) is 29.0 Å². The quantitative estimate of drug-likeness (QED) is 0.658. The molecule has 1 heterocycles. The number of alkyl halides is 1. The maximum atomic E-state index is 14.3. The number of halogens is 3. The Morgan fingerprint density at radius 1 is 1.10 bits per heavy atom. The molecule has 0 N–H and O–H groups in total. The van der Waals surface area contributed by atoms with Crippen LogP contribution in [0.1, 0.15) is 63.1 Å². The summed E-state index contributed by atoms with van der Waals surface area (Å²) in [4.78, 5) is 12.4. The molecule has 3 nitrogen and oxygen atoms in total. The zero-order chi connectivity index (χ0) is 20.6. The molecule has 0 spiro atoms. The van der Waals surface area contributed by atoms with Gasteiger partial charge < -0.3 is 4.79 Å². The zero-order valence-electron chi connectivity index (χ0n) is 16.5. The van der Waals surface area contributed by atoms with Crippen LogP contribution in [-0.4, -0.2) is 22.7 Å². The molecule has 3 aliphatic rings. The predicted octanol–water partition coefficient (Wildman–Crippen LogP) is 5.28. The summed E-state index contributed by atoms with van der Waals surface area (Å²) in [6, 6.07) is 5.45. The van der Waals surface area contributed by atoms with Gasteiger partial charge in [0.05, 0.1) is 17.0 Å². The molecule has 2 aromatic rings. The second-order valence-corrected chi connectivity index (χ2v) is 9.46. The third-order valence-corrected chi connectivity index (χ3v) is 8.17. The SMILES string of the molecule is CC1(C)[C@H]2CC[C@@]1(C1(C=O)CC[C@H](F)C1)c1nnc(-c3c(F)cccc3F)cc12. The van der Waals surface area contributed by atoms with Crippen LogP contribution in [0.2, 0.25) is 0 Å². The number of hydrogen-bond acceptors (Lipinski definition) is 3. The van der Waals surface area contributed by atoms with Crippen molar-refractivity contribution in [1.82, 2.24) is 10.2 Å². The second-order valence-electron chi connectivity index (χ2n) is 9.46. The highest BCUT2D eigenvalue weighted by Gasteiger charge is 2.72. The van der Waals surface area contributed by atoms with E-state index < -0.39 is 28.6 Å². The van der Waals surface area contributed by atoms with E-state index in [0.29, 0.717) is 12.8 Å². The van der Waals surface area contributed by atoms with E-state index in [9.17, 15) is 18.0 Å². The standard InChI is InChI=1S/C23H23F3N2O/c1-21(2)15-7-9-23(21,22(12-29)8-6-13(24)11-22)20-14(15)10-18(27-28-20)19-16(25)4-3-5-17(19)26/h3-5,10,12-13,15H,6-9,11H2,1-2H3/t13-,15-,22?,23+/m0/s1. The number of rotatable bonds is 3. The number of nitrogens with zero attached hydrogens (tertiary/aromatic N) is 2. The first kappa shape index (κ1) is 18.8. The van der Waals surface area contributed by atoms with E-state index in [1.165, 1.54) is 18.2 Å². The fourth-order valence-electron chi connectivity index (χ4n) is 6.91. The molecule has 0 amide bonds. The lowest BCUT2D eigenvalue weighted by Crippen LogP contribution is -2.51. The van der Waals surface area contributed by atoms with Gasteiger partial charge in [-0.25, -0.2) is 13.2 Å². The third kappa shape index (κ3) is 2.12. The van der Waals surface area contributed by atoms with Crippen molar-refractivity contribution >= 4 is 6.29 Å². The molecule has 3 aliphatic carbocycles. The monoisotopic (exact) mass is 400 g/mol. The average molecular weight is 400 g/mol. The normalized spacial score (nSPS) is 34.4. The summed E-state index contributed by atoms with van der Waals surface area (Å²) in [5.41, 5.74) is -0.128. The first-order valence-corrected chi connectivity index (χ1v) is 10.2. The summed E-state index contributed by atoms with van der Waals surface area (Å²) in [5, 5.41) is 8.65. The third-order valence-electron chi connectivity index (χ3n) is 8.17. The molecular formula is C23H23F3N2O. The number of carbonyl (C=O) groups is 1. The van der Waals surface area contributed by atoms with Gasteiger partial charge in [0.1, 0.15) is 24.1 Å². The van der Waals surface area contributed by atoms with Gasteiger partial charge in [0.15, 0.2) is 0 Å². The van der Waals surface area contributed by atoms with E-state index in [4.69, 9.17) is 0 Å². The highest BCUT2D eigenvalue weighted by atomic mass is 19.1. The molecule has 6 heteroatoms. The van der Waals surface area contributed by atoms with Gasteiger partial charge in [0.2, 0.25) is 0 Å². The molecule has 2 saturated carbocycles. The summed E-state index contributed by atoms with van der Waals surface area (Å²) >= 11 is 0. The average Bonchev–Trinajstić information content (AvgIpc) is 3.26. The van der Waals surface area contributed by atoms with Crippen LogP contribution in [0.25, 0.3) is 11.3 Å². The minimum atomic E-state index is -0.992. The van der Waals surface area contributed by atoms with Crippen LogP contribution in [0.15, 0.2) is 24.3 Å². The van der Waals surface area contributed by atoms with Crippen LogP contribution in [-0.2, 0) is 10.2 Å². The van der Waals surface area contributed by atoms with Crippen LogP contribution in [0, 0.1) is 22.5 Å². The largest absolute Gasteiger partial charge is 0.303 e. The maximum Gasteiger partial charge on any atom is 0.135 e. The van der Waals surface area contributed by atoms with E-state index in [0.717, 1.165) is 30.4 Å². The number of aromatic nitrogens is 2. The highest BCUT2D eigenvalue weighted by molar-refractivity contribution is 5.69. The fraction of sp³-hybridized carbons (Fsp3) is 0.522. The molecule has 0 saturated heterocycles. The Labute approximate surface area is 167 Å². The molecule has 29 heavy (non-hydrogen) atoms. The Kier molecular flexibility index (Phi) is 3.81. The summed E-state index contributed by atoms with van der Waals surface area (Å²) < 4.78 is 42.9. The van der Waals surface area contributed by atoms with Crippen molar-refractivity contribution in [3.05, 3.63) is 47.2 Å². The van der Waals surface area contributed by atoms with Crippen molar-refractivity contribution in [2.24, 2.45) is 10.8 Å². The van der Waals surface area contributed by atoms with Gasteiger partial charge in [0.25, 0.3) is 0 Å². The first-order chi connectivity index (χ1) is 13.8. The summed E-state index contributed by atoms with van der Waals surface area (Å²) in [6.45, 7) is 4.24. The van der Waals surface area contributed by atoms with Crippen LogP contribution in [0.3, 0.4) is 0 Å². The molecule has 0 aliphatic heterocycles. The van der Waals surface area contributed by atoms with Crippen LogP contribution >= 0.6 is 0 Å². The van der Waals surface area contributed by atoms with Gasteiger partial charge >= 0.3 is 0 Å². The van der Waals surface area contributed by atoms with Crippen molar-refractivity contribution < 1.29 is 18.0 Å². The van der Waals surface area contributed by atoms with Crippen LogP contribution in [0.4, 0.5) is 13.2 Å². The number of carbonyl (C=O) groups excluding carboxylic acids is 1. The lowest BCUT2D eigenvalue weighted by Gasteiger charge is -2.49.